The van der Waals surface area contributed by atoms with E-state index in [1.165, 1.54) is 0 Å². The topological polar surface area (TPSA) is 54.2 Å². The number of rotatable bonds is 1. The lowest BCUT2D eigenvalue weighted by Crippen LogP contribution is -2.43. The van der Waals surface area contributed by atoms with Gasteiger partial charge in [0.05, 0.1) is 11.7 Å². The molecule has 0 radical (unpaired) electrons. The van der Waals surface area contributed by atoms with Gasteiger partial charge in [-0.05, 0) is 18.2 Å². The molecule has 102 valence electrons. The summed E-state index contributed by atoms with van der Waals surface area (Å²) in [7, 11) is 0. The SMILES string of the molecule is Clc1ccc2ncc3nc(N4CCNCC4)oc3c2c1. The standard InChI is InChI=1S/C14H13ClN4O/c15-9-1-2-11-10(7-9)13-12(8-17-11)18-14(20-13)19-5-3-16-4-6-19/h1-2,7-8,16H,3-6H2. The molecular weight excluding hydrogens is 276 g/mol. The van der Waals surface area contributed by atoms with Crippen LogP contribution in [0.15, 0.2) is 28.8 Å². The fraction of sp³-hybridized carbons (Fsp3) is 0.286. The maximum absolute atomic E-state index is 6.07. The second-order valence-electron chi connectivity index (χ2n) is 4.87. The molecule has 6 heteroatoms. The third-order valence-electron chi connectivity index (χ3n) is 3.56. The average molecular weight is 289 g/mol. The van der Waals surface area contributed by atoms with Crippen LogP contribution in [-0.2, 0) is 0 Å². The predicted octanol–water partition coefficient (Wildman–Crippen LogP) is 2.44. The Balaban J connectivity index is 1.89. The van der Waals surface area contributed by atoms with Gasteiger partial charge in [-0.3, -0.25) is 4.98 Å². The first-order chi connectivity index (χ1) is 9.81. The molecule has 0 saturated carbocycles. The van der Waals surface area contributed by atoms with E-state index >= 15 is 0 Å². The Bertz CT molecular complexity index is 779. The van der Waals surface area contributed by atoms with Crippen LogP contribution in [0, 0.1) is 0 Å². The van der Waals surface area contributed by atoms with Gasteiger partial charge in [0.25, 0.3) is 6.01 Å². The zero-order valence-electron chi connectivity index (χ0n) is 10.8. The molecule has 0 atom stereocenters. The molecule has 5 nitrogen and oxygen atoms in total. The van der Waals surface area contributed by atoms with Gasteiger partial charge >= 0.3 is 0 Å². The van der Waals surface area contributed by atoms with Crippen molar-refractivity contribution in [1.29, 1.82) is 0 Å². The molecular formula is C14H13ClN4O. The van der Waals surface area contributed by atoms with Crippen LogP contribution in [0.3, 0.4) is 0 Å². The molecule has 1 aliphatic rings. The third kappa shape index (κ3) is 1.90. The highest BCUT2D eigenvalue weighted by molar-refractivity contribution is 6.31. The minimum Gasteiger partial charge on any atom is -0.423 e. The van der Waals surface area contributed by atoms with E-state index in [1.54, 1.807) is 6.20 Å². The minimum absolute atomic E-state index is 0.663. The van der Waals surface area contributed by atoms with Gasteiger partial charge < -0.3 is 14.6 Å². The van der Waals surface area contributed by atoms with Crippen LogP contribution in [0.25, 0.3) is 22.0 Å². The van der Waals surface area contributed by atoms with Gasteiger partial charge in [0.15, 0.2) is 5.58 Å². The highest BCUT2D eigenvalue weighted by Gasteiger charge is 2.18. The van der Waals surface area contributed by atoms with Crippen LogP contribution < -0.4 is 10.2 Å². The lowest BCUT2D eigenvalue weighted by molar-refractivity contribution is 0.518. The monoisotopic (exact) mass is 288 g/mol. The first-order valence-corrected chi connectivity index (χ1v) is 6.99. The summed E-state index contributed by atoms with van der Waals surface area (Å²) < 4.78 is 5.96. The maximum Gasteiger partial charge on any atom is 0.298 e. The van der Waals surface area contributed by atoms with Gasteiger partial charge in [0.1, 0.15) is 5.52 Å². The zero-order valence-corrected chi connectivity index (χ0v) is 11.5. The van der Waals surface area contributed by atoms with Crippen molar-refractivity contribution in [2.24, 2.45) is 0 Å². The molecule has 0 bridgehead atoms. The van der Waals surface area contributed by atoms with Crippen molar-refractivity contribution in [3.05, 3.63) is 29.4 Å². The van der Waals surface area contributed by atoms with E-state index in [0.717, 1.165) is 48.2 Å². The van der Waals surface area contributed by atoms with E-state index in [1.807, 2.05) is 18.2 Å². The van der Waals surface area contributed by atoms with Gasteiger partial charge in [-0.25, -0.2) is 0 Å². The van der Waals surface area contributed by atoms with Crippen molar-refractivity contribution in [3.8, 4) is 0 Å². The second kappa shape index (κ2) is 4.61. The Kier molecular flexibility index (Phi) is 2.75. The number of halogens is 1. The largest absolute Gasteiger partial charge is 0.423 e. The fourth-order valence-corrected chi connectivity index (χ4v) is 2.70. The number of aromatic nitrogens is 2. The van der Waals surface area contributed by atoms with Gasteiger partial charge in [-0.2, -0.15) is 4.98 Å². The summed E-state index contributed by atoms with van der Waals surface area (Å²) in [5, 5.41) is 4.89. The molecule has 1 aromatic carbocycles. The summed E-state index contributed by atoms with van der Waals surface area (Å²) in [6.45, 7) is 3.70. The van der Waals surface area contributed by atoms with Gasteiger partial charge in [0, 0.05) is 36.6 Å². The first kappa shape index (κ1) is 11.9. The van der Waals surface area contributed by atoms with Crippen molar-refractivity contribution >= 4 is 39.6 Å². The molecule has 1 aliphatic heterocycles. The van der Waals surface area contributed by atoms with E-state index < -0.39 is 0 Å². The molecule has 1 fully saturated rings. The smallest absolute Gasteiger partial charge is 0.298 e. The maximum atomic E-state index is 6.07. The summed E-state index contributed by atoms with van der Waals surface area (Å²) in [6.07, 6.45) is 1.75. The van der Waals surface area contributed by atoms with Crippen LogP contribution in [-0.4, -0.2) is 36.1 Å². The van der Waals surface area contributed by atoms with Gasteiger partial charge in [0.2, 0.25) is 0 Å². The van der Waals surface area contributed by atoms with Crippen LogP contribution in [0.2, 0.25) is 5.02 Å². The van der Waals surface area contributed by atoms with Crippen molar-refractivity contribution < 1.29 is 4.42 Å². The summed E-state index contributed by atoms with van der Waals surface area (Å²) >= 11 is 6.07. The number of benzene rings is 1. The van der Waals surface area contributed by atoms with Crippen molar-refractivity contribution in [2.45, 2.75) is 0 Å². The highest BCUT2D eigenvalue weighted by Crippen LogP contribution is 2.29. The summed E-state index contributed by atoms with van der Waals surface area (Å²) in [5.74, 6) is 0. The molecule has 0 spiro atoms. The Labute approximate surface area is 120 Å². The summed E-state index contributed by atoms with van der Waals surface area (Å²) in [4.78, 5) is 11.1. The lowest BCUT2D eigenvalue weighted by Gasteiger charge is -2.25. The molecule has 3 aromatic rings. The van der Waals surface area contributed by atoms with Crippen molar-refractivity contribution in [1.82, 2.24) is 15.3 Å². The normalized spacial score (nSPS) is 16.1. The minimum atomic E-state index is 0.663. The third-order valence-corrected chi connectivity index (χ3v) is 3.79. The Morgan fingerprint density at radius 3 is 2.90 bits per heavy atom. The fourth-order valence-electron chi connectivity index (χ4n) is 2.53. The van der Waals surface area contributed by atoms with Crippen molar-refractivity contribution in [2.75, 3.05) is 31.1 Å². The van der Waals surface area contributed by atoms with Gasteiger partial charge in [-0.1, -0.05) is 11.6 Å². The lowest BCUT2D eigenvalue weighted by atomic mass is 10.2. The van der Waals surface area contributed by atoms with Crippen LogP contribution in [0.1, 0.15) is 0 Å². The number of hydrogen-bond acceptors (Lipinski definition) is 5. The number of oxazole rings is 1. The number of nitrogens with one attached hydrogen (secondary N) is 1. The highest BCUT2D eigenvalue weighted by atomic mass is 35.5. The van der Waals surface area contributed by atoms with E-state index in [-0.39, 0.29) is 0 Å². The number of pyridine rings is 1. The molecule has 1 saturated heterocycles. The van der Waals surface area contributed by atoms with Crippen LogP contribution in [0.5, 0.6) is 0 Å². The number of piperazine rings is 1. The molecule has 3 heterocycles. The van der Waals surface area contributed by atoms with Gasteiger partial charge in [-0.15, -0.1) is 0 Å². The second-order valence-corrected chi connectivity index (χ2v) is 5.30. The Morgan fingerprint density at radius 1 is 1.20 bits per heavy atom. The average Bonchev–Trinajstić information content (AvgIpc) is 2.93. The number of nitrogens with zero attached hydrogens (tertiary/aromatic N) is 3. The number of fused-ring (bicyclic) bond motifs is 3. The predicted molar refractivity (Wildman–Crippen MR) is 79.4 cm³/mol. The summed E-state index contributed by atoms with van der Waals surface area (Å²) in [6, 6.07) is 6.26. The molecule has 0 aliphatic carbocycles. The van der Waals surface area contributed by atoms with E-state index in [4.69, 9.17) is 16.0 Å². The molecule has 4 rings (SSSR count). The first-order valence-electron chi connectivity index (χ1n) is 6.62. The van der Waals surface area contributed by atoms with E-state index in [0.29, 0.717) is 11.0 Å². The quantitative estimate of drug-likeness (QED) is 0.745. The van der Waals surface area contributed by atoms with Crippen LogP contribution >= 0.6 is 11.6 Å². The molecule has 0 amide bonds. The molecule has 0 unspecified atom stereocenters. The molecule has 2 aromatic heterocycles. The Hall–Kier alpha value is -1.85. The van der Waals surface area contributed by atoms with Crippen molar-refractivity contribution in [3.63, 3.8) is 0 Å². The molecule has 20 heavy (non-hydrogen) atoms. The van der Waals surface area contributed by atoms with E-state index in [2.05, 4.69) is 20.2 Å². The molecule has 1 N–H and O–H groups in total. The number of anilines is 1. The summed E-state index contributed by atoms with van der Waals surface area (Å²) in [5.41, 5.74) is 2.39. The van der Waals surface area contributed by atoms with E-state index in [9.17, 15) is 0 Å². The Morgan fingerprint density at radius 2 is 2.05 bits per heavy atom. The van der Waals surface area contributed by atoms with Crippen LogP contribution in [0.4, 0.5) is 6.01 Å². The zero-order chi connectivity index (χ0) is 13.5. The number of hydrogen-bond donors (Lipinski definition) is 1.